The number of hydrogen-bond acceptors (Lipinski definition) is 4. The van der Waals surface area contributed by atoms with E-state index < -0.39 is 0 Å². The maximum atomic E-state index is 11.4. The number of anilines is 2. The Labute approximate surface area is 106 Å². The van der Waals surface area contributed by atoms with Crippen LogP contribution in [0.15, 0.2) is 18.2 Å². The number of carbonyl (C=O) groups excluding carboxylic acids is 1. The van der Waals surface area contributed by atoms with Gasteiger partial charge in [0.1, 0.15) is 0 Å². The molecule has 1 unspecified atom stereocenters. The Morgan fingerprint density at radius 1 is 1.44 bits per heavy atom. The van der Waals surface area contributed by atoms with Crippen molar-refractivity contribution in [2.45, 2.75) is 6.10 Å². The number of amides is 1. The first-order valence-corrected chi connectivity index (χ1v) is 6.21. The molecule has 3 rings (SSSR count). The molecule has 2 aliphatic rings. The number of nitrogens with zero attached hydrogens (tertiary/aromatic N) is 1. The van der Waals surface area contributed by atoms with Gasteiger partial charge < -0.3 is 20.3 Å². The Morgan fingerprint density at radius 3 is 3.11 bits per heavy atom. The zero-order valence-electron chi connectivity index (χ0n) is 10.4. The van der Waals surface area contributed by atoms with Gasteiger partial charge in [0.15, 0.2) is 0 Å². The molecule has 5 nitrogen and oxygen atoms in total. The summed E-state index contributed by atoms with van der Waals surface area (Å²) in [6.45, 7) is 2.90. The van der Waals surface area contributed by atoms with Crippen molar-refractivity contribution in [1.29, 1.82) is 0 Å². The molecule has 1 saturated heterocycles. The van der Waals surface area contributed by atoms with Crippen molar-refractivity contribution >= 4 is 17.3 Å². The molecule has 1 amide bonds. The van der Waals surface area contributed by atoms with Gasteiger partial charge in [-0.05, 0) is 17.7 Å². The van der Waals surface area contributed by atoms with Gasteiger partial charge in [0, 0.05) is 20.1 Å². The number of nitrogens with one attached hydrogen (secondary N) is 2. The first kappa shape index (κ1) is 11.5. The maximum absolute atomic E-state index is 11.4. The van der Waals surface area contributed by atoms with Crippen molar-refractivity contribution in [2.75, 3.05) is 43.5 Å². The second-order valence-corrected chi connectivity index (χ2v) is 4.74. The van der Waals surface area contributed by atoms with Gasteiger partial charge in [0.25, 0.3) is 0 Å². The number of hydrogen-bond donors (Lipinski definition) is 2. The Kier molecular flexibility index (Phi) is 2.93. The van der Waals surface area contributed by atoms with E-state index in [-0.39, 0.29) is 12.0 Å². The molecule has 1 aromatic carbocycles. The number of morpholine rings is 1. The van der Waals surface area contributed by atoms with Gasteiger partial charge in [-0.25, -0.2) is 0 Å². The largest absolute Gasteiger partial charge is 0.371 e. The third kappa shape index (κ3) is 2.07. The first-order chi connectivity index (χ1) is 8.74. The lowest BCUT2D eigenvalue weighted by Crippen LogP contribution is -2.36. The average Bonchev–Trinajstić information content (AvgIpc) is 2.39. The minimum absolute atomic E-state index is 0.0355. The maximum Gasteiger partial charge on any atom is 0.243 e. The summed E-state index contributed by atoms with van der Waals surface area (Å²) in [5.41, 5.74) is 3.09. The van der Waals surface area contributed by atoms with Crippen LogP contribution in [0.25, 0.3) is 0 Å². The monoisotopic (exact) mass is 247 g/mol. The molecule has 0 aromatic heterocycles. The van der Waals surface area contributed by atoms with Crippen LogP contribution in [-0.2, 0) is 9.53 Å². The second kappa shape index (κ2) is 4.59. The van der Waals surface area contributed by atoms with Crippen molar-refractivity contribution in [2.24, 2.45) is 0 Å². The van der Waals surface area contributed by atoms with E-state index in [0.717, 1.165) is 36.6 Å². The number of likely N-dealkylation sites (N-methyl/N-ethyl adjacent to an activating group) is 1. The van der Waals surface area contributed by atoms with E-state index in [1.54, 1.807) is 0 Å². The molecule has 2 N–H and O–H groups in total. The summed E-state index contributed by atoms with van der Waals surface area (Å²) in [6.07, 6.45) is 0.107. The van der Waals surface area contributed by atoms with Crippen molar-refractivity contribution in [1.82, 2.24) is 5.32 Å². The molecule has 2 aliphatic heterocycles. The number of rotatable bonds is 1. The molecule has 0 radical (unpaired) electrons. The summed E-state index contributed by atoms with van der Waals surface area (Å²) in [5.74, 6) is 0.0355. The highest BCUT2D eigenvalue weighted by Crippen LogP contribution is 2.32. The molecule has 0 spiro atoms. The Bertz CT molecular complexity index is 469. The van der Waals surface area contributed by atoms with Crippen LogP contribution < -0.4 is 15.5 Å². The van der Waals surface area contributed by atoms with E-state index in [1.165, 1.54) is 0 Å². The van der Waals surface area contributed by atoms with Crippen molar-refractivity contribution < 1.29 is 9.53 Å². The van der Waals surface area contributed by atoms with Crippen LogP contribution >= 0.6 is 0 Å². The van der Waals surface area contributed by atoms with Crippen molar-refractivity contribution in [3.63, 3.8) is 0 Å². The van der Waals surface area contributed by atoms with Crippen LogP contribution in [0.3, 0.4) is 0 Å². The molecular weight excluding hydrogens is 230 g/mol. The highest BCUT2D eigenvalue weighted by molar-refractivity contribution is 6.01. The minimum Gasteiger partial charge on any atom is -0.371 e. The molecule has 1 fully saturated rings. The molecule has 0 aliphatic carbocycles. The fourth-order valence-corrected chi connectivity index (χ4v) is 2.44. The van der Waals surface area contributed by atoms with Gasteiger partial charge in [-0.2, -0.15) is 0 Å². The van der Waals surface area contributed by atoms with Crippen LogP contribution in [0.1, 0.15) is 11.7 Å². The lowest BCUT2D eigenvalue weighted by Gasteiger charge is -2.30. The third-order valence-corrected chi connectivity index (χ3v) is 3.39. The quantitative estimate of drug-likeness (QED) is 0.768. The normalized spacial score (nSPS) is 23.5. The summed E-state index contributed by atoms with van der Waals surface area (Å²) in [4.78, 5) is 13.4. The topological polar surface area (TPSA) is 53.6 Å². The van der Waals surface area contributed by atoms with Crippen LogP contribution in [0.2, 0.25) is 0 Å². The van der Waals surface area contributed by atoms with Crippen LogP contribution in [0.5, 0.6) is 0 Å². The van der Waals surface area contributed by atoms with E-state index >= 15 is 0 Å². The molecule has 0 bridgehead atoms. The lowest BCUT2D eigenvalue weighted by atomic mass is 10.0. The molecule has 1 aromatic rings. The van der Waals surface area contributed by atoms with E-state index in [1.807, 2.05) is 24.1 Å². The smallest absolute Gasteiger partial charge is 0.243 e. The van der Waals surface area contributed by atoms with Crippen LogP contribution in [0.4, 0.5) is 11.4 Å². The Morgan fingerprint density at radius 2 is 2.33 bits per heavy atom. The predicted molar refractivity (Wildman–Crippen MR) is 69.9 cm³/mol. The Balaban J connectivity index is 1.90. The number of fused-ring (bicyclic) bond motifs is 1. The summed E-state index contributed by atoms with van der Waals surface area (Å²) in [7, 11) is 1.93. The SMILES string of the molecule is CN1CC(=O)Nc2ccc(C3CNCCO3)cc21. The van der Waals surface area contributed by atoms with Gasteiger partial charge in [-0.1, -0.05) is 6.07 Å². The van der Waals surface area contributed by atoms with Crippen LogP contribution in [-0.4, -0.2) is 39.2 Å². The minimum atomic E-state index is 0.0355. The Hall–Kier alpha value is -1.59. The van der Waals surface area contributed by atoms with Crippen molar-refractivity contribution in [3.8, 4) is 0 Å². The van der Waals surface area contributed by atoms with Gasteiger partial charge in [-0.3, -0.25) is 4.79 Å². The van der Waals surface area contributed by atoms with E-state index in [9.17, 15) is 4.79 Å². The first-order valence-electron chi connectivity index (χ1n) is 6.21. The standard InChI is InChI=1S/C13H17N3O2/c1-16-8-13(17)15-10-3-2-9(6-11(10)16)12-7-14-4-5-18-12/h2-3,6,12,14H,4-5,7-8H2,1H3,(H,15,17). The molecule has 2 heterocycles. The molecule has 0 saturated carbocycles. The summed E-state index contributed by atoms with van der Waals surface area (Å²) in [6, 6.07) is 6.08. The fraction of sp³-hybridized carbons (Fsp3) is 0.462. The third-order valence-electron chi connectivity index (χ3n) is 3.39. The highest BCUT2D eigenvalue weighted by atomic mass is 16.5. The number of carbonyl (C=O) groups is 1. The summed E-state index contributed by atoms with van der Waals surface area (Å²) >= 11 is 0. The number of benzene rings is 1. The van der Waals surface area contributed by atoms with E-state index in [4.69, 9.17) is 4.74 Å². The molecular formula is C13H17N3O2. The molecule has 5 heteroatoms. The second-order valence-electron chi connectivity index (χ2n) is 4.74. The highest BCUT2D eigenvalue weighted by Gasteiger charge is 2.22. The predicted octanol–water partition coefficient (Wildman–Crippen LogP) is 0.736. The molecule has 96 valence electrons. The summed E-state index contributed by atoms with van der Waals surface area (Å²) < 4.78 is 5.74. The van der Waals surface area contributed by atoms with Gasteiger partial charge in [-0.15, -0.1) is 0 Å². The zero-order chi connectivity index (χ0) is 12.5. The van der Waals surface area contributed by atoms with E-state index in [0.29, 0.717) is 6.54 Å². The average molecular weight is 247 g/mol. The zero-order valence-corrected chi connectivity index (χ0v) is 10.4. The van der Waals surface area contributed by atoms with Gasteiger partial charge in [0.05, 0.1) is 30.6 Å². The fourth-order valence-electron chi connectivity index (χ4n) is 2.44. The summed E-state index contributed by atoms with van der Waals surface area (Å²) in [5, 5.41) is 6.21. The van der Waals surface area contributed by atoms with Crippen molar-refractivity contribution in [3.05, 3.63) is 23.8 Å². The molecule has 1 atom stereocenters. The van der Waals surface area contributed by atoms with Crippen LogP contribution in [0, 0.1) is 0 Å². The number of ether oxygens (including phenoxy) is 1. The lowest BCUT2D eigenvalue weighted by molar-refractivity contribution is -0.115. The van der Waals surface area contributed by atoms with E-state index in [2.05, 4.69) is 16.7 Å². The van der Waals surface area contributed by atoms with Gasteiger partial charge >= 0.3 is 0 Å². The molecule has 18 heavy (non-hydrogen) atoms. The van der Waals surface area contributed by atoms with Gasteiger partial charge in [0.2, 0.25) is 5.91 Å².